The molecule has 0 saturated carbocycles. The zero-order valence-electron chi connectivity index (χ0n) is 17.7. The number of carbonyl (C=O) groups excluding carboxylic acids is 1. The molecule has 32 heavy (non-hydrogen) atoms. The summed E-state index contributed by atoms with van der Waals surface area (Å²) in [5.74, 6) is 1.90. The zero-order chi connectivity index (χ0) is 22.0. The van der Waals surface area contributed by atoms with Crippen molar-refractivity contribution in [2.24, 2.45) is 7.05 Å². The Morgan fingerprint density at radius 1 is 0.812 bits per heavy atom. The maximum absolute atomic E-state index is 13.7. The first-order valence-corrected chi connectivity index (χ1v) is 12.3. The monoisotopic (exact) mass is 435 g/mol. The first-order chi connectivity index (χ1) is 15.7. The standard InChI is InChI=1S/C27H22N3OP/c1-30-19-22-17-21(18-28-27(22)29-30)26(31)20-32(23-11-5-2-6-12-23,24-13-7-3-8-14-24)25-15-9-4-10-16-25/h2-20H,1H3. The number of hydrogen-bond acceptors (Lipinski definition) is 3. The summed E-state index contributed by atoms with van der Waals surface area (Å²) in [7, 11) is 1.85. The Kier molecular flexibility index (Phi) is 5.30. The van der Waals surface area contributed by atoms with E-state index in [9.17, 15) is 4.79 Å². The number of carbonyl (C=O) groups is 1. The van der Waals surface area contributed by atoms with Crippen LogP contribution in [0.3, 0.4) is 0 Å². The predicted octanol–water partition coefficient (Wildman–Crippen LogP) is 3.95. The molecule has 0 atom stereocenters. The maximum atomic E-state index is 13.7. The van der Waals surface area contributed by atoms with E-state index < -0.39 is 6.89 Å². The van der Waals surface area contributed by atoms with E-state index in [1.807, 2.05) is 79.7 Å². The molecule has 0 aliphatic heterocycles. The van der Waals surface area contributed by atoms with Gasteiger partial charge in [0.2, 0.25) is 0 Å². The van der Waals surface area contributed by atoms with Gasteiger partial charge < -0.3 is 0 Å². The number of pyridine rings is 1. The molecule has 0 fully saturated rings. The van der Waals surface area contributed by atoms with E-state index in [1.54, 1.807) is 10.9 Å². The molecular formula is C27H22N3OP. The van der Waals surface area contributed by atoms with Gasteiger partial charge in [0.1, 0.15) is 0 Å². The van der Waals surface area contributed by atoms with Crippen molar-refractivity contribution < 1.29 is 4.79 Å². The minimum Gasteiger partial charge on any atom is -0.289 e. The van der Waals surface area contributed by atoms with Crippen LogP contribution in [0.2, 0.25) is 0 Å². The molecule has 0 unspecified atom stereocenters. The van der Waals surface area contributed by atoms with E-state index in [0.29, 0.717) is 11.2 Å². The highest BCUT2D eigenvalue weighted by Crippen LogP contribution is 2.43. The molecule has 0 saturated heterocycles. The van der Waals surface area contributed by atoms with Crippen molar-refractivity contribution in [2.45, 2.75) is 0 Å². The van der Waals surface area contributed by atoms with Crippen LogP contribution in [-0.2, 0) is 7.05 Å². The van der Waals surface area contributed by atoms with Crippen molar-refractivity contribution in [3.05, 3.63) is 115 Å². The molecule has 0 amide bonds. The largest absolute Gasteiger partial charge is 0.289 e. The van der Waals surface area contributed by atoms with Gasteiger partial charge in [-0.2, -0.15) is 5.10 Å². The Morgan fingerprint density at radius 3 is 1.81 bits per heavy atom. The van der Waals surface area contributed by atoms with Gasteiger partial charge in [-0.3, -0.25) is 9.48 Å². The van der Waals surface area contributed by atoms with E-state index >= 15 is 0 Å². The Bertz CT molecular complexity index is 1340. The van der Waals surface area contributed by atoms with E-state index in [-0.39, 0.29) is 5.78 Å². The fourth-order valence-electron chi connectivity index (χ4n) is 4.08. The van der Waals surface area contributed by atoms with E-state index in [4.69, 9.17) is 0 Å². The summed E-state index contributed by atoms with van der Waals surface area (Å²) in [6.45, 7) is -2.35. The molecule has 0 aliphatic rings. The second-order valence-electron chi connectivity index (χ2n) is 7.66. The number of ketones is 1. The van der Waals surface area contributed by atoms with Gasteiger partial charge in [0, 0.05) is 30.4 Å². The first kappa shape index (κ1) is 20.2. The third-order valence-electron chi connectivity index (χ3n) is 5.56. The molecule has 5 rings (SSSR count). The molecule has 0 N–H and O–H groups in total. The van der Waals surface area contributed by atoms with Crippen LogP contribution in [0.5, 0.6) is 0 Å². The topological polar surface area (TPSA) is 47.8 Å². The number of aromatic nitrogens is 3. The van der Waals surface area contributed by atoms with Gasteiger partial charge in [-0.1, -0.05) is 91.0 Å². The lowest BCUT2D eigenvalue weighted by Crippen LogP contribution is -2.28. The van der Waals surface area contributed by atoms with Gasteiger partial charge in [0.25, 0.3) is 0 Å². The van der Waals surface area contributed by atoms with Gasteiger partial charge in [0.05, 0.1) is 0 Å². The van der Waals surface area contributed by atoms with Gasteiger partial charge in [-0.15, -0.1) is 0 Å². The van der Waals surface area contributed by atoms with Crippen molar-refractivity contribution in [1.82, 2.24) is 14.8 Å². The first-order valence-electron chi connectivity index (χ1n) is 10.4. The Hall–Kier alpha value is -3.75. The highest BCUT2D eigenvalue weighted by atomic mass is 31.2. The van der Waals surface area contributed by atoms with Crippen LogP contribution >= 0.6 is 6.89 Å². The van der Waals surface area contributed by atoms with Gasteiger partial charge in [-0.05, 0) is 34.7 Å². The summed E-state index contributed by atoms with van der Waals surface area (Å²) < 4.78 is 1.71. The minimum atomic E-state index is -2.35. The molecule has 4 nitrogen and oxygen atoms in total. The van der Waals surface area contributed by atoms with Crippen molar-refractivity contribution in [3.63, 3.8) is 0 Å². The number of fused-ring (bicyclic) bond motifs is 1. The predicted molar refractivity (Wildman–Crippen MR) is 134 cm³/mol. The van der Waals surface area contributed by atoms with Crippen molar-refractivity contribution in [2.75, 3.05) is 0 Å². The molecule has 2 aromatic heterocycles. The average molecular weight is 435 g/mol. The fraction of sp³-hybridized carbons (Fsp3) is 0.0370. The molecular weight excluding hydrogens is 413 g/mol. The third-order valence-corrected chi connectivity index (χ3v) is 9.52. The second kappa shape index (κ2) is 8.41. The second-order valence-corrected chi connectivity index (χ2v) is 10.9. The van der Waals surface area contributed by atoms with Crippen LogP contribution in [-0.4, -0.2) is 26.3 Å². The minimum absolute atomic E-state index is 0.0341. The van der Waals surface area contributed by atoms with E-state index in [2.05, 4.69) is 46.5 Å². The SMILES string of the molecule is Cn1cc2cc(C(=O)C=P(c3ccccc3)(c3ccccc3)c3ccccc3)cnc2n1. The quantitative estimate of drug-likeness (QED) is 0.310. The Morgan fingerprint density at radius 2 is 1.31 bits per heavy atom. The van der Waals surface area contributed by atoms with E-state index in [0.717, 1.165) is 21.3 Å². The van der Waals surface area contributed by atoms with Gasteiger partial charge >= 0.3 is 0 Å². The summed E-state index contributed by atoms with van der Waals surface area (Å²) in [6, 6.07) is 32.9. The maximum Gasteiger partial charge on any atom is 0.188 e. The van der Waals surface area contributed by atoms with Crippen LogP contribution < -0.4 is 15.9 Å². The number of Topliss-reactive ketones (excluding diaryl/α,β-unsaturated/α-hetero) is 1. The van der Waals surface area contributed by atoms with E-state index in [1.165, 1.54) is 0 Å². The van der Waals surface area contributed by atoms with Crippen molar-refractivity contribution in [3.8, 4) is 0 Å². The van der Waals surface area contributed by atoms with Crippen molar-refractivity contribution in [1.29, 1.82) is 0 Å². The highest BCUT2D eigenvalue weighted by Gasteiger charge is 2.26. The normalized spacial score (nSPS) is 11.4. The lowest BCUT2D eigenvalue weighted by atomic mass is 10.2. The van der Waals surface area contributed by atoms with Crippen LogP contribution in [0.1, 0.15) is 10.4 Å². The Balaban J connectivity index is 1.80. The average Bonchev–Trinajstić information content (AvgIpc) is 3.23. The summed E-state index contributed by atoms with van der Waals surface area (Å²) in [5, 5.41) is 8.60. The van der Waals surface area contributed by atoms with Crippen LogP contribution in [0.15, 0.2) is 109 Å². The molecule has 3 aromatic carbocycles. The lowest BCUT2D eigenvalue weighted by Gasteiger charge is -2.28. The van der Waals surface area contributed by atoms with Crippen LogP contribution in [0.4, 0.5) is 0 Å². The summed E-state index contributed by atoms with van der Waals surface area (Å²) in [5.41, 5.74) is 1.21. The number of benzene rings is 3. The summed E-state index contributed by atoms with van der Waals surface area (Å²) >= 11 is 0. The van der Waals surface area contributed by atoms with Gasteiger partial charge in [-0.25, -0.2) is 4.98 Å². The molecule has 0 aliphatic carbocycles. The van der Waals surface area contributed by atoms with Crippen LogP contribution in [0.25, 0.3) is 11.0 Å². The fourth-order valence-corrected chi connectivity index (χ4v) is 7.85. The third kappa shape index (κ3) is 3.59. The summed E-state index contributed by atoms with van der Waals surface area (Å²) in [6.07, 6.45) is 3.51. The molecule has 0 radical (unpaired) electrons. The molecule has 5 aromatic rings. The van der Waals surface area contributed by atoms with Crippen molar-refractivity contribution >= 4 is 45.4 Å². The van der Waals surface area contributed by atoms with Gasteiger partial charge in [0.15, 0.2) is 11.4 Å². The molecule has 0 bridgehead atoms. The van der Waals surface area contributed by atoms with Crippen LogP contribution in [0, 0.1) is 0 Å². The molecule has 2 heterocycles. The number of hydrogen-bond donors (Lipinski definition) is 0. The molecule has 5 heteroatoms. The number of aryl methyl sites for hydroxylation is 1. The number of rotatable bonds is 5. The molecule has 0 spiro atoms. The Labute approximate surface area is 187 Å². The smallest absolute Gasteiger partial charge is 0.188 e. The number of nitrogens with zero attached hydrogens (tertiary/aromatic N) is 3. The zero-order valence-corrected chi connectivity index (χ0v) is 18.6. The highest BCUT2D eigenvalue weighted by molar-refractivity contribution is 7.95. The lowest BCUT2D eigenvalue weighted by molar-refractivity contribution is 0.107. The summed E-state index contributed by atoms with van der Waals surface area (Å²) in [4.78, 5) is 18.1. The molecule has 156 valence electrons.